The summed E-state index contributed by atoms with van der Waals surface area (Å²) in [5.41, 5.74) is 4.85. The Morgan fingerprint density at radius 1 is 1.24 bits per heavy atom. The quantitative estimate of drug-likeness (QED) is 0.654. The van der Waals surface area contributed by atoms with Gasteiger partial charge in [0.1, 0.15) is 0 Å². The van der Waals surface area contributed by atoms with E-state index in [1.54, 1.807) is 0 Å². The molecule has 0 bridgehead atoms. The van der Waals surface area contributed by atoms with Crippen molar-refractivity contribution in [3.8, 4) is 0 Å². The molecule has 0 aliphatic heterocycles. The minimum Gasteiger partial charge on any atom is -0.389 e. The van der Waals surface area contributed by atoms with Crippen LogP contribution in [0.2, 0.25) is 0 Å². The standard InChI is InChI=1S/C14H32N2O/c1-6-13(7-2)16(10-12(3)4)9-8-14(5,17)11-15/h12-13,17H,6-11,15H2,1-5H3. The van der Waals surface area contributed by atoms with E-state index in [1.807, 2.05) is 6.92 Å². The second kappa shape index (κ2) is 8.06. The molecule has 0 radical (unpaired) electrons. The molecule has 1 atom stereocenters. The normalized spacial score (nSPS) is 15.9. The van der Waals surface area contributed by atoms with Gasteiger partial charge in [-0.25, -0.2) is 0 Å². The molecule has 0 fully saturated rings. The third-order valence-corrected chi connectivity index (χ3v) is 3.44. The maximum absolute atomic E-state index is 9.98. The van der Waals surface area contributed by atoms with Gasteiger partial charge < -0.3 is 15.7 Å². The van der Waals surface area contributed by atoms with Gasteiger partial charge in [0.15, 0.2) is 0 Å². The Balaban J connectivity index is 4.38. The molecule has 3 heteroatoms. The van der Waals surface area contributed by atoms with Gasteiger partial charge in [0.05, 0.1) is 5.60 Å². The van der Waals surface area contributed by atoms with Gasteiger partial charge in [0, 0.05) is 25.7 Å². The zero-order valence-electron chi connectivity index (χ0n) is 12.4. The predicted molar refractivity (Wildman–Crippen MR) is 75.1 cm³/mol. The molecule has 0 saturated heterocycles. The van der Waals surface area contributed by atoms with Gasteiger partial charge in [0.25, 0.3) is 0 Å². The van der Waals surface area contributed by atoms with E-state index < -0.39 is 5.60 Å². The van der Waals surface area contributed by atoms with Crippen LogP contribution >= 0.6 is 0 Å². The van der Waals surface area contributed by atoms with Crippen molar-refractivity contribution >= 4 is 0 Å². The fourth-order valence-corrected chi connectivity index (χ4v) is 2.18. The molecule has 0 amide bonds. The van der Waals surface area contributed by atoms with Gasteiger partial charge in [-0.1, -0.05) is 27.7 Å². The number of hydrogen-bond acceptors (Lipinski definition) is 3. The van der Waals surface area contributed by atoms with Crippen molar-refractivity contribution < 1.29 is 5.11 Å². The first-order valence-corrected chi connectivity index (χ1v) is 7.02. The molecule has 1 unspecified atom stereocenters. The summed E-state index contributed by atoms with van der Waals surface area (Å²) in [5.74, 6) is 0.665. The first kappa shape index (κ1) is 16.9. The third-order valence-electron chi connectivity index (χ3n) is 3.44. The molecule has 0 aliphatic carbocycles. The molecular weight excluding hydrogens is 212 g/mol. The minimum absolute atomic E-state index is 0.339. The van der Waals surface area contributed by atoms with Crippen LogP contribution in [0.5, 0.6) is 0 Å². The average molecular weight is 244 g/mol. The van der Waals surface area contributed by atoms with Crippen LogP contribution in [0.4, 0.5) is 0 Å². The van der Waals surface area contributed by atoms with Crippen LogP contribution in [0.25, 0.3) is 0 Å². The van der Waals surface area contributed by atoms with Crippen LogP contribution < -0.4 is 5.73 Å². The zero-order valence-corrected chi connectivity index (χ0v) is 12.4. The summed E-state index contributed by atoms with van der Waals surface area (Å²) in [5, 5.41) is 9.98. The fraction of sp³-hybridized carbons (Fsp3) is 1.00. The first-order valence-electron chi connectivity index (χ1n) is 7.02. The topological polar surface area (TPSA) is 49.5 Å². The largest absolute Gasteiger partial charge is 0.389 e. The lowest BCUT2D eigenvalue weighted by Crippen LogP contribution is -2.43. The van der Waals surface area contributed by atoms with Crippen LogP contribution in [-0.2, 0) is 0 Å². The number of nitrogens with zero attached hydrogens (tertiary/aromatic N) is 1. The van der Waals surface area contributed by atoms with E-state index in [4.69, 9.17) is 5.73 Å². The van der Waals surface area contributed by atoms with Crippen LogP contribution in [0.15, 0.2) is 0 Å². The van der Waals surface area contributed by atoms with E-state index in [0.717, 1.165) is 19.5 Å². The van der Waals surface area contributed by atoms with E-state index in [-0.39, 0.29) is 0 Å². The van der Waals surface area contributed by atoms with Crippen molar-refractivity contribution in [1.29, 1.82) is 0 Å². The molecule has 3 N–H and O–H groups in total. The molecular formula is C14H32N2O. The summed E-state index contributed by atoms with van der Waals surface area (Å²) >= 11 is 0. The van der Waals surface area contributed by atoms with E-state index in [9.17, 15) is 5.11 Å². The van der Waals surface area contributed by atoms with Crippen molar-refractivity contribution in [2.24, 2.45) is 11.7 Å². The Bertz CT molecular complexity index is 189. The van der Waals surface area contributed by atoms with Gasteiger partial charge in [-0.2, -0.15) is 0 Å². The van der Waals surface area contributed by atoms with E-state index >= 15 is 0 Å². The third kappa shape index (κ3) is 7.02. The molecule has 0 aromatic heterocycles. The Labute approximate surface area is 107 Å². The minimum atomic E-state index is -0.721. The van der Waals surface area contributed by atoms with E-state index in [2.05, 4.69) is 32.6 Å². The molecule has 17 heavy (non-hydrogen) atoms. The molecule has 0 spiro atoms. The fourth-order valence-electron chi connectivity index (χ4n) is 2.18. The summed E-state index contributed by atoms with van der Waals surface area (Å²) in [6.45, 7) is 13.2. The highest BCUT2D eigenvalue weighted by atomic mass is 16.3. The van der Waals surface area contributed by atoms with Crippen molar-refractivity contribution in [3.05, 3.63) is 0 Å². The highest BCUT2D eigenvalue weighted by Crippen LogP contribution is 2.15. The Morgan fingerprint density at radius 2 is 1.76 bits per heavy atom. The van der Waals surface area contributed by atoms with Gasteiger partial charge in [-0.3, -0.25) is 0 Å². The van der Waals surface area contributed by atoms with Crippen LogP contribution in [-0.4, -0.2) is 41.3 Å². The van der Waals surface area contributed by atoms with Gasteiger partial charge >= 0.3 is 0 Å². The molecule has 0 heterocycles. The maximum Gasteiger partial charge on any atom is 0.0753 e. The summed E-state index contributed by atoms with van der Waals surface area (Å²) in [4.78, 5) is 2.51. The second-order valence-electron chi connectivity index (χ2n) is 5.81. The van der Waals surface area contributed by atoms with Gasteiger partial charge in [-0.15, -0.1) is 0 Å². The summed E-state index contributed by atoms with van der Waals surface area (Å²) in [7, 11) is 0. The molecule has 0 rings (SSSR count). The lowest BCUT2D eigenvalue weighted by atomic mass is 10.0. The van der Waals surface area contributed by atoms with Crippen LogP contribution in [0.1, 0.15) is 53.9 Å². The highest BCUT2D eigenvalue weighted by Gasteiger charge is 2.22. The number of aliphatic hydroxyl groups is 1. The van der Waals surface area contributed by atoms with E-state index in [0.29, 0.717) is 18.5 Å². The summed E-state index contributed by atoms with van der Waals surface area (Å²) in [6, 6.07) is 0.631. The van der Waals surface area contributed by atoms with Gasteiger partial charge in [0.2, 0.25) is 0 Å². The Kier molecular flexibility index (Phi) is 8.01. The Morgan fingerprint density at radius 3 is 2.12 bits per heavy atom. The lowest BCUT2D eigenvalue weighted by Gasteiger charge is -2.34. The van der Waals surface area contributed by atoms with Crippen molar-refractivity contribution in [2.75, 3.05) is 19.6 Å². The molecule has 104 valence electrons. The maximum atomic E-state index is 9.98. The highest BCUT2D eigenvalue weighted by molar-refractivity contribution is 4.78. The molecule has 0 aliphatic rings. The predicted octanol–water partition coefficient (Wildman–Crippen LogP) is 2.23. The molecule has 0 saturated carbocycles. The second-order valence-corrected chi connectivity index (χ2v) is 5.81. The summed E-state index contributed by atoms with van der Waals surface area (Å²) in [6.07, 6.45) is 3.11. The summed E-state index contributed by atoms with van der Waals surface area (Å²) < 4.78 is 0. The van der Waals surface area contributed by atoms with Crippen LogP contribution in [0, 0.1) is 5.92 Å². The lowest BCUT2D eigenvalue weighted by molar-refractivity contribution is 0.0382. The average Bonchev–Trinajstić information content (AvgIpc) is 2.26. The van der Waals surface area contributed by atoms with Crippen molar-refractivity contribution in [1.82, 2.24) is 4.90 Å². The smallest absolute Gasteiger partial charge is 0.0753 e. The number of nitrogens with two attached hydrogens (primary N) is 1. The van der Waals surface area contributed by atoms with E-state index in [1.165, 1.54) is 12.8 Å². The first-order chi connectivity index (χ1) is 7.86. The number of rotatable bonds is 9. The molecule has 0 aromatic rings. The SMILES string of the molecule is CCC(CC)N(CCC(C)(O)CN)CC(C)C. The molecule has 0 aromatic carbocycles. The number of hydrogen-bond donors (Lipinski definition) is 2. The Hall–Kier alpha value is -0.120. The zero-order chi connectivity index (χ0) is 13.5. The van der Waals surface area contributed by atoms with Crippen molar-refractivity contribution in [2.45, 2.75) is 65.5 Å². The van der Waals surface area contributed by atoms with Gasteiger partial charge in [-0.05, 0) is 32.1 Å². The molecule has 3 nitrogen and oxygen atoms in total. The van der Waals surface area contributed by atoms with Crippen LogP contribution in [0.3, 0.4) is 0 Å². The monoisotopic (exact) mass is 244 g/mol. The van der Waals surface area contributed by atoms with Crippen molar-refractivity contribution in [3.63, 3.8) is 0 Å².